The summed E-state index contributed by atoms with van der Waals surface area (Å²) in [5.41, 5.74) is -0.188. The summed E-state index contributed by atoms with van der Waals surface area (Å²) in [4.78, 5) is 43.0. The van der Waals surface area contributed by atoms with Crippen LogP contribution in [0.4, 0.5) is 9.18 Å². The average Bonchev–Trinajstić information content (AvgIpc) is 4.08. The molecule has 6 rings (SSSR count). The Morgan fingerprint density at radius 1 is 1.05 bits per heavy atom. The number of aromatic nitrogens is 6. The number of hydrogen-bond acceptors (Lipinski definition) is 15. The number of nitrogens with one attached hydrogen (secondary N) is 1. The van der Waals surface area contributed by atoms with Crippen LogP contribution in [0.5, 0.6) is 0 Å². The van der Waals surface area contributed by atoms with Crippen LogP contribution >= 0.6 is 0 Å². The SMILES string of the molecule is CC[C@H]1OC(=O)[C@H](C)[C@@H](O)[C@H](C)[C@@H](O[C@H]2C[C@@H](N(C)CCc3cn([C@H](CF)[C@H](OC)c4ccc(-n5ccnn5)cc4)nn3)C[C@@H](C)O2)[C@](C)(OC)C[C@@H](C)C(=O)[C@H](C)[C@H]2NC(=O)O[C@@]21C. The first-order valence-corrected chi connectivity index (χ1v) is 22.8. The number of amides is 1. The monoisotopic (exact) mass is 913 g/mol. The van der Waals surface area contributed by atoms with Gasteiger partial charge in [-0.05, 0) is 71.7 Å². The smallest absolute Gasteiger partial charge is 0.408 e. The van der Waals surface area contributed by atoms with Gasteiger partial charge in [0.2, 0.25) is 0 Å². The molecule has 3 aliphatic heterocycles. The Balaban J connectivity index is 1.16. The number of halogens is 1. The van der Waals surface area contributed by atoms with Gasteiger partial charge >= 0.3 is 12.1 Å². The van der Waals surface area contributed by atoms with Crippen LogP contribution in [0.15, 0.2) is 42.9 Å². The molecule has 0 radical (unpaired) electrons. The highest BCUT2D eigenvalue weighted by Crippen LogP contribution is 2.41. The molecule has 2 N–H and O–H groups in total. The maximum absolute atomic E-state index is 14.7. The molecule has 3 saturated heterocycles. The van der Waals surface area contributed by atoms with Crippen molar-refractivity contribution in [2.24, 2.45) is 23.7 Å². The normalized spacial score (nSPS) is 34.9. The van der Waals surface area contributed by atoms with Crippen LogP contribution < -0.4 is 5.32 Å². The molecule has 5 heterocycles. The molecule has 3 fully saturated rings. The molecule has 2 aromatic heterocycles. The van der Waals surface area contributed by atoms with Crippen molar-refractivity contribution >= 4 is 17.8 Å². The van der Waals surface area contributed by atoms with Crippen molar-refractivity contribution in [1.29, 1.82) is 0 Å². The van der Waals surface area contributed by atoms with Gasteiger partial charge in [-0.1, -0.05) is 50.3 Å². The van der Waals surface area contributed by atoms with Crippen LogP contribution in [0.1, 0.15) is 104 Å². The van der Waals surface area contributed by atoms with Gasteiger partial charge in [-0.25, -0.2) is 18.5 Å². The molecular formula is C46H69FN8O10. The van der Waals surface area contributed by atoms with Crippen molar-refractivity contribution in [3.05, 3.63) is 54.1 Å². The van der Waals surface area contributed by atoms with Gasteiger partial charge in [0.25, 0.3) is 0 Å². The fourth-order valence-electron chi connectivity index (χ4n) is 10.3. The Morgan fingerprint density at radius 3 is 2.40 bits per heavy atom. The standard InChI is InChI=1S/C46H69FN8O10/c1-12-36-46(8)41(49-44(59)65-46)28(4)38(56)26(2)23-45(7,61-11)42(29(5)39(57)30(6)43(58)63-36)64-37-22-34(21-27(3)62-37)53(9)19-17-32-25-55(52-50-32)35(24-47)40(60-10)31-13-15-33(16-14-31)54-20-18-48-51-54/h13-16,18,20,25-30,34-37,39-42,57H,12,17,19,21-24H2,1-11H3,(H,49,59)/t26-,27-,28+,29+,30-,34+,35-,36-,37+,39+,40-,41-,42-,45-,46-/m1/s1. The Morgan fingerprint density at radius 2 is 1.77 bits per heavy atom. The largest absolute Gasteiger partial charge is 0.458 e. The van der Waals surface area contributed by atoms with Crippen LogP contribution in [0.25, 0.3) is 5.69 Å². The second-order valence-corrected chi connectivity index (χ2v) is 18.8. The van der Waals surface area contributed by atoms with Gasteiger partial charge < -0.3 is 43.7 Å². The van der Waals surface area contributed by atoms with Crippen LogP contribution in [0.3, 0.4) is 0 Å². The van der Waals surface area contributed by atoms with Crippen LogP contribution in [-0.4, -0.2) is 146 Å². The number of ether oxygens (including phenoxy) is 6. The Labute approximate surface area is 381 Å². The molecule has 65 heavy (non-hydrogen) atoms. The molecule has 0 spiro atoms. The molecular weight excluding hydrogens is 844 g/mol. The van der Waals surface area contributed by atoms with E-state index in [1.807, 2.05) is 59.0 Å². The van der Waals surface area contributed by atoms with Crippen molar-refractivity contribution in [2.45, 2.75) is 154 Å². The van der Waals surface area contributed by atoms with Crippen molar-refractivity contribution in [2.75, 3.05) is 34.5 Å². The van der Waals surface area contributed by atoms with Gasteiger partial charge in [-0.3, -0.25) is 9.59 Å². The lowest BCUT2D eigenvalue weighted by Gasteiger charge is -2.47. The highest BCUT2D eigenvalue weighted by Gasteiger charge is 2.57. The minimum atomic E-state index is -1.33. The van der Waals surface area contributed by atoms with E-state index < -0.39 is 96.4 Å². The fourth-order valence-corrected chi connectivity index (χ4v) is 10.3. The van der Waals surface area contributed by atoms with Crippen LogP contribution in [-0.2, 0) is 44.4 Å². The minimum Gasteiger partial charge on any atom is -0.458 e. The molecule has 3 aromatic rings. The molecule has 1 aromatic carbocycles. The number of carbonyl (C=O) groups excluding carboxylic acids is 3. The van der Waals surface area contributed by atoms with Crippen molar-refractivity contribution in [3.8, 4) is 5.69 Å². The topological polar surface area (TPSA) is 204 Å². The first-order valence-electron chi connectivity index (χ1n) is 22.8. The number of nitrogens with zero attached hydrogens (tertiary/aromatic N) is 7. The Bertz CT molecular complexity index is 2040. The lowest BCUT2D eigenvalue weighted by molar-refractivity contribution is -0.271. The first-order chi connectivity index (χ1) is 30.9. The van der Waals surface area contributed by atoms with Crippen molar-refractivity contribution in [3.63, 3.8) is 0 Å². The zero-order valence-electron chi connectivity index (χ0n) is 39.6. The molecule has 0 saturated carbocycles. The number of alkyl halides is 1. The number of Topliss-reactive ketones (excluding diaryl/α,β-unsaturated/α-hetero) is 1. The number of benzene rings is 1. The molecule has 360 valence electrons. The highest BCUT2D eigenvalue weighted by molar-refractivity contribution is 5.85. The number of rotatable bonds is 14. The van der Waals surface area contributed by atoms with Crippen LogP contribution in [0.2, 0.25) is 0 Å². The van der Waals surface area contributed by atoms with E-state index in [1.165, 1.54) is 4.68 Å². The van der Waals surface area contributed by atoms with Gasteiger partial charge in [-0.2, -0.15) is 0 Å². The van der Waals surface area contributed by atoms with E-state index in [0.29, 0.717) is 37.9 Å². The van der Waals surface area contributed by atoms with Gasteiger partial charge in [-0.15, -0.1) is 10.2 Å². The lowest BCUT2D eigenvalue weighted by atomic mass is 9.73. The van der Waals surface area contributed by atoms with Gasteiger partial charge in [0.05, 0.1) is 59.6 Å². The third kappa shape index (κ3) is 10.8. The summed E-state index contributed by atoms with van der Waals surface area (Å²) in [6.45, 7) is 14.2. The molecule has 0 aliphatic carbocycles. The van der Waals surface area contributed by atoms with Gasteiger partial charge in [0.15, 0.2) is 11.9 Å². The summed E-state index contributed by atoms with van der Waals surface area (Å²) < 4.78 is 55.1. The summed E-state index contributed by atoms with van der Waals surface area (Å²) in [6, 6.07) is 5.98. The number of fused-ring (bicyclic) bond motifs is 1. The van der Waals surface area contributed by atoms with Crippen LogP contribution in [0, 0.1) is 23.7 Å². The molecule has 18 nitrogen and oxygen atoms in total. The number of likely N-dealkylation sites (N-methyl/N-ethyl adjacent to an activating group) is 1. The number of alkyl carbamates (subject to hydrolysis) is 1. The molecule has 0 unspecified atom stereocenters. The van der Waals surface area contributed by atoms with E-state index in [9.17, 15) is 23.9 Å². The average molecular weight is 913 g/mol. The van der Waals surface area contributed by atoms with E-state index in [1.54, 1.807) is 65.2 Å². The summed E-state index contributed by atoms with van der Waals surface area (Å²) >= 11 is 0. The van der Waals surface area contributed by atoms with E-state index in [2.05, 4.69) is 30.8 Å². The van der Waals surface area contributed by atoms with E-state index in [0.717, 1.165) is 11.3 Å². The number of cyclic esters (lactones) is 1. The van der Waals surface area contributed by atoms with E-state index in [-0.39, 0.29) is 24.3 Å². The lowest BCUT2D eigenvalue weighted by Crippen LogP contribution is -2.59. The maximum atomic E-state index is 14.7. The number of methoxy groups -OCH3 is 2. The second-order valence-electron chi connectivity index (χ2n) is 18.8. The van der Waals surface area contributed by atoms with E-state index in [4.69, 9.17) is 28.4 Å². The third-order valence-corrected chi connectivity index (χ3v) is 14.2. The number of esters is 1. The molecule has 0 bridgehead atoms. The number of carbonyl (C=O) groups is 3. The zero-order valence-corrected chi connectivity index (χ0v) is 39.6. The Kier molecular flexibility index (Phi) is 16.2. The molecule has 3 aliphatic rings. The quantitative estimate of drug-likeness (QED) is 0.205. The van der Waals surface area contributed by atoms with E-state index >= 15 is 0 Å². The van der Waals surface area contributed by atoms with Crippen molar-refractivity contribution < 1.29 is 52.3 Å². The highest BCUT2D eigenvalue weighted by atomic mass is 19.1. The summed E-state index contributed by atoms with van der Waals surface area (Å²) in [6.07, 6.45) is 2.10. The molecule has 1 amide bonds. The second kappa shape index (κ2) is 21.1. The zero-order chi connectivity index (χ0) is 47.4. The molecule has 15 atom stereocenters. The predicted molar refractivity (Wildman–Crippen MR) is 234 cm³/mol. The maximum Gasteiger partial charge on any atom is 0.408 e. The first kappa shape index (κ1) is 50.0. The van der Waals surface area contributed by atoms with Gasteiger partial charge in [0.1, 0.15) is 30.7 Å². The third-order valence-electron chi connectivity index (χ3n) is 14.2. The predicted octanol–water partition coefficient (Wildman–Crippen LogP) is 4.98. The summed E-state index contributed by atoms with van der Waals surface area (Å²) in [5, 5.41) is 31.3. The summed E-state index contributed by atoms with van der Waals surface area (Å²) in [5.74, 6) is -3.78. The number of ketones is 1. The number of hydrogen-bond donors (Lipinski definition) is 2. The Hall–Kier alpha value is -4.40. The fraction of sp³-hybridized carbons (Fsp3) is 0.717. The number of aliphatic hydroxyl groups is 1. The molecule has 19 heteroatoms. The number of aliphatic hydroxyl groups excluding tert-OH is 1. The van der Waals surface area contributed by atoms with Gasteiger partial charge in [0, 0.05) is 63.6 Å². The summed E-state index contributed by atoms with van der Waals surface area (Å²) in [7, 11) is 5.12. The minimum absolute atomic E-state index is 0.0164. The van der Waals surface area contributed by atoms with Crippen molar-refractivity contribution in [1.82, 2.24) is 40.2 Å².